The molecule has 0 saturated heterocycles. The minimum atomic E-state index is -1.16. The smallest absolute Gasteiger partial charge is 0.412 e. The second-order valence-electron chi connectivity index (χ2n) is 7.22. The number of anilines is 1. The molecule has 178 valence electrons. The molecule has 1 atom stereocenters. The van der Waals surface area contributed by atoms with Gasteiger partial charge < -0.3 is 20.1 Å². The number of ether oxygens (including phenoxy) is 1. The molecule has 11 nitrogen and oxygen atoms in total. The number of amides is 1. The summed E-state index contributed by atoms with van der Waals surface area (Å²) in [4.78, 5) is 23.1. The third-order valence-corrected chi connectivity index (χ3v) is 4.69. The van der Waals surface area contributed by atoms with E-state index < -0.39 is 30.5 Å². The van der Waals surface area contributed by atoms with E-state index in [-0.39, 0.29) is 22.8 Å². The lowest BCUT2D eigenvalue weighted by Gasteiger charge is -2.15. The molecule has 0 bridgehead atoms. The summed E-state index contributed by atoms with van der Waals surface area (Å²) < 4.78 is 24.6. The van der Waals surface area contributed by atoms with Crippen LogP contribution in [0.15, 0.2) is 58.2 Å². The molecule has 0 radical (unpaired) electrons. The van der Waals surface area contributed by atoms with E-state index in [1.165, 1.54) is 12.1 Å². The first kappa shape index (κ1) is 24.2. The molecule has 0 aliphatic carbocycles. The number of hydrogen-bond donors (Lipinski definition) is 4. The minimum absolute atomic E-state index is 0.00751. The van der Waals surface area contributed by atoms with Gasteiger partial charge in [0.15, 0.2) is 18.1 Å². The Morgan fingerprint density at radius 1 is 1.26 bits per heavy atom. The Kier molecular flexibility index (Phi) is 7.43. The summed E-state index contributed by atoms with van der Waals surface area (Å²) in [5.74, 6) is 4.11. The molecule has 0 aliphatic heterocycles. The zero-order valence-electron chi connectivity index (χ0n) is 18.4. The molecule has 1 unspecified atom stereocenters. The summed E-state index contributed by atoms with van der Waals surface area (Å²) in [5, 5.41) is 19.7. The van der Waals surface area contributed by atoms with Crippen LogP contribution in [0.4, 0.5) is 14.9 Å². The summed E-state index contributed by atoms with van der Waals surface area (Å²) in [6.07, 6.45) is -1.63. The number of hydrazone groups is 1. The van der Waals surface area contributed by atoms with Crippen LogP contribution in [0.2, 0.25) is 0 Å². The molecular formula is C22H23FN6O5. The zero-order valence-corrected chi connectivity index (χ0v) is 18.4. The number of carboxylic acid groups (broad SMARTS) is 1. The molecule has 1 heterocycles. The van der Waals surface area contributed by atoms with Crippen molar-refractivity contribution in [3.05, 3.63) is 71.2 Å². The van der Waals surface area contributed by atoms with Gasteiger partial charge in [0.25, 0.3) is 0 Å². The monoisotopic (exact) mass is 470 g/mol. The summed E-state index contributed by atoms with van der Waals surface area (Å²) in [6, 6.07) is 12.5. The fourth-order valence-corrected chi connectivity index (χ4v) is 3.04. The van der Waals surface area contributed by atoms with Gasteiger partial charge in [-0.25, -0.2) is 20.1 Å². The predicted molar refractivity (Wildman–Crippen MR) is 121 cm³/mol. The Hall–Kier alpha value is -4.45. The third kappa shape index (κ3) is 5.86. The second kappa shape index (κ2) is 10.4. The summed E-state index contributed by atoms with van der Waals surface area (Å²) in [7, 11) is 0. The van der Waals surface area contributed by atoms with Crippen molar-refractivity contribution in [3.8, 4) is 11.3 Å². The lowest BCUT2D eigenvalue weighted by Crippen LogP contribution is -2.34. The molecule has 1 amide bonds. The first-order valence-corrected chi connectivity index (χ1v) is 10.0. The fraction of sp³-hybridized carbons (Fsp3) is 0.182. The molecule has 2 aromatic carbocycles. The number of aryl methyl sites for hydroxylation is 1. The van der Waals surface area contributed by atoms with Gasteiger partial charge in [0, 0.05) is 16.7 Å². The number of aromatic nitrogens is 1. The number of benzene rings is 2. The number of carbonyl (C=O) groups is 2. The quantitative estimate of drug-likeness (QED) is 0.167. The number of rotatable bonds is 8. The molecule has 6 N–H and O–H groups in total. The third-order valence-electron chi connectivity index (χ3n) is 4.69. The number of nitrogens with two attached hydrogens (primary N) is 2. The van der Waals surface area contributed by atoms with Crippen molar-refractivity contribution in [2.75, 3.05) is 11.9 Å². The summed E-state index contributed by atoms with van der Waals surface area (Å²) >= 11 is 0. The molecule has 3 aromatic rings. The highest BCUT2D eigenvalue weighted by atomic mass is 19.1. The molecule has 3 rings (SSSR count). The van der Waals surface area contributed by atoms with Gasteiger partial charge in [-0.05, 0) is 19.9 Å². The topological polar surface area (TPSA) is 169 Å². The highest BCUT2D eigenvalue weighted by molar-refractivity contribution is 5.98. The van der Waals surface area contributed by atoms with E-state index >= 15 is 0 Å². The maximum absolute atomic E-state index is 13.9. The van der Waals surface area contributed by atoms with Crippen LogP contribution in [0.25, 0.3) is 11.3 Å². The molecule has 0 spiro atoms. The van der Waals surface area contributed by atoms with E-state index in [1.807, 2.05) is 0 Å². The number of hydrogen-bond acceptors (Lipinski definition) is 8. The molecule has 0 saturated carbocycles. The van der Waals surface area contributed by atoms with Crippen LogP contribution in [-0.4, -0.2) is 39.8 Å². The maximum atomic E-state index is 13.9. The van der Waals surface area contributed by atoms with Gasteiger partial charge in [-0.2, -0.15) is 0 Å². The van der Waals surface area contributed by atoms with Crippen molar-refractivity contribution < 1.29 is 28.3 Å². The molecule has 0 aliphatic rings. The molecule has 12 heteroatoms. The molecule has 34 heavy (non-hydrogen) atoms. The Balaban J connectivity index is 1.74. The zero-order chi connectivity index (χ0) is 24.8. The van der Waals surface area contributed by atoms with Crippen molar-refractivity contribution in [1.29, 1.82) is 0 Å². The second-order valence-corrected chi connectivity index (χ2v) is 7.22. The van der Waals surface area contributed by atoms with E-state index in [9.17, 15) is 14.0 Å². The van der Waals surface area contributed by atoms with Crippen molar-refractivity contribution in [1.82, 2.24) is 10.3 Å². The van der Waals surface area contributed by atoms with Gasteiger partial charge >= 0.3 is 12.1 Å². The number of hydrazine groups is 1. The van der Waals surface area contributed by atoms with Crippen molar-refractivity contribution in [2.24, 2.45) is 16.7 Å². The van der Waals surface area contributed by atoms with E-state index in [4.69, 9.17) is 25.9 Å². The maximum Gasteiger partial charge on any atom is 0.412 e. The Morgan fingerprint density at radius 2 is 1.94 bits per heavy atom. The first-order chi connectivity index (χ1) is 16.2. The van der Waals surface area contributed by atoms with Crippen LogP contribution in [0.5, 0.6) is 0 Å². The average Bonchev–Trinajstić information content (AvgIpc) is 3.13. The van der Waals surface area contributed by atoms with Crippen LogP contribution in [-0.2, 0) is 9.53 Å². The van der Waals surface area contributed by atoms with Crippen LogP contribution in [0, 0.1) is 12.7 Å². The van der Waals surface area contributed by atoms with Crippen LogP contribution in [0.3, 0.4) is 0 Å². The van der Waals surface area contributed by atoms with Crippen molar-refractivity contribution in [2.45, 2.75) is 20.0 Å². The minimum Gasteiger partial charge on any atom is -0.480 e. The standard InChI is InChI=1S/C22H23FN6O5/c1-12-19(26-22(32)33-13(2)16-5-3-4-6-17(16)23)20(34-28-12)14-7-9-15(10-8-14)21(24)27-29(25)11-18(30)31/h3-10,13H,11,25H2,1-2H3,(H2,24,27)(H,26,32)(H,30,31). The number of carbonyl (C=O) groups excluding carboxylic acids is 1. The van der Waals surface area contributed by atoms with E-state index in [0.29, 0.717) is 21.9 Å². The fourth-order valence-electron chi connectivity index (χ4n) is 3.04. The van der Waals surface area contributed by atoms with E-state index in [0.717, 1.165) is 0 Å². The number of nitrogens with one attached hydrogen (secondary N) is 1. The van der Waals surface area contributed by atoms with Gasteiger partial charge in [-0.15, -0.1) is 5.10 Å². The number of halogens is 1. The largest absolute Gasteiger partial charge is 0.480 e. The average molecular weight is 470 g/mol. The summed E-state index contributed by atoms with van der Waals surface area (Å²) in [5.41, 5.74) is 7.84. The van der Waals surface area contributed by atoms with Gasteiger partial charge in [0.05, 0.1) is 0 Å². The van der Waals surface area contributed by atoms with Crippen LogP contribution >= 0.6 is 0 Å². The van der Waals surface area contributed by atoms with Gasteiger partial charge in [0.1, 0.15) is 23.3 Å². The van der Waals surface area contributed by atoms with Gasteiger partial charge in [0.2, 0.25) is 0 Å². The normalized spacial score (nSPS) is 12.2. The lowest BCUT2D eigenvalue weighted by molar-refractivity contribution is -0.138. The van der Waals surface area contributed by atoms with Crippen molar-refractivity contribution in [3.63, 3.8) is 0 Å². The molecular weight excluding hydrogens is 447 g/mol. The molecule has 1 aromatic heterocycles. The number of nitrogens with zero attached hydrogens (tertiary/aromatic N) is 3. The Morgan fingerprint density at radius 3 is 2.59 bits per heavy atom. The highest BCUT2D eigenvalue weighted by Gasteiger charge is 2.21. The van der Waals surface area contributed by atoms with Crippen molar-refractivity contribution >= 4 is 23.6 Å². The SMILES string of the molecule is Cc1noc(-c2ccc(/C(N)=N/N(N)CC(=O)O)cc2)c1NC(=O)OC(C)c1ccccc1F. The number of carboxylic acids is 1. The summed E-state index contributed by atoms with van der Waals surface area (Å²) in [6.45, 7) is 2.68. The van der Waals surface area contributed by atoms with E-state index in [1.54, 1.807) is 50.2 Å². The number of amidine groups is 1. The first-order valence-electron chi connectivity index (χ1n) is 10.0. The highest BCUT2D eigenvalue weighted by Crippen LogP contribution is 2.31. The molecule has 0 fully saturated rings. The number of aliphatic carboxylic acids is 1. The van der Waals surface area contributed by atoms with Gasteiger partial charge in [-0.1, -0.05) is 47.6 Å². The predicted octanol–water partition coefficient (Wildman–Crippen LogP) is 2.98. The Labute approximate surface area is 193 Å². The van der Waals surface area contributed by atoms with E-state index in [2.05, 4.69) is 15.6 Å². The van der Waals surface area contributed by atoms with Gasteiger partial charge in [-0.3, -0.25) is 10.1 Å². The van der Waals surface area contributed by atoms with Crippen LogP contribution in [0.1, 0.15) is 29.8 Å². The van der Waals surface area contributed by atoms with Crippen LogP contribution < -0.4 is 16.9 Å². The Bertz CT molecular complexity index is 1210. The lowest BCUT2D eigenvalue weighted by atomic mass is 10.1.